The van der Waals surface area contributed by atoms with Gasteiger partial charge in [0, 0.05) is 55.1 Å². The normalized spacial score (nSPS) is 15.4. The molecule has 1 unspecified atom stereocenters. The van der Waals surface area contributed by atoms with Crippen LogP contribution in [0, 0.1) is 0 Å². The Balaban J connectivity index is 1.39. The number of nitrogens with zero attached hydrogens (tertiary/aromatic N) is 4. The summed E-state index contributed by atoms with van der Waals surface area (Å²) in [6, 6.07) is 9.17. The number of Topliss-reactive ketones (excluding diaryl/α,β-unsaturated/α-hetero) is 1. The number of carbonyl (C=O) groups is 2. The Morgan fingerprint density at radius 2 is 2.09 bits per heavy atom. The molecule has 0 bridgehead atoms. The molecule has 9 nitrogen and oxygen atoms in total. The maximum absolute atomic E-state index is 12.9. The van der Waals surface area contributed by atoms with Gasteiger partial charge in [-0.3, -0.25) is 19.1 Å². The lowest BCUT2D eigenvalue weighted by atomic mass is 10.0. The molecule has 1 atom stereocenters. The van der Waals surface area contributed by atoms with Crippen molar-refractivity contribution in [3.63, 3.8) is 0 Å². The van der Waals surface area contributed by atoms with E-state index in [1.54, 1.807) is 25.4 Å². The first kappa shape index (κ1) is 20.9. The smallest absolute Gasteiger partial charge is 0.328 e. The lowest BCUT2D eigenvalue weighted by Gasteiger charge is -2.24. The number of pyridine rings is 1. The molecule has 1 aliphatic rings. The highest BCUT2D eigenvalue weighted by molar-refractivity contribution is 5.96. The van der Waals surface area contributed by atoms with Crippen LogP contribution in [0.3, 0.4) is 0 Å². The van der Waals surface area contributed by atoms with Crippen molar-refractivity contribution in [2.24, 2.45) is 0 Å². The monoisotopic (exact) mass is 444 g/mol. The van der Waals surface area contributed by atoms with Crippen LogP contribution < -0.4 is 11.0 Å². The topological polar surface area (TPSA) is 115 Å². The number of ketones is 1. The van der Waals surface area contributed by atoms with E-state index in [1.807, 2.05) is 30.5 Å². The number of aromatic amines is 1. The van der Waals surface area contributed by atoms with Crippen LogP contribution in [-0.4, -0.2) is 41.8 Å². The molecule has 0 radical (unpaired) electrons. The molecule has 4 heterocycles. The third-order valence-electron chi connectivity index (χ3n) is 6.10. The summed E-state index contributed by atoms with van der Waals surface area (Å²) in [6.45, 7) is 2.61. The van der Waals surface area contributed by atoms with Crippen LogP contribution in [0.15, 0.2) is 53.7 Å². The van der Waals surface area contributed by atoms with Crippen molar-refractivity contribution in [3.05, 3.63) is 70.8 Å². The Morgan fingerprint density at radius 3 is 2.94 bits per heavy atom. The second kappa shape index (κ2) is 8.50. The van der Waals surface area contributed by atoms with E-state index in [-0.39, 0.29) is 30.0 Å². The van der Waals surface area contributed by atoms with Crippen molar-refractivity contribution in [2.45, 2.75) is 45.3 Å². The van der Waals surface area contributed by atoms with E-state index in [9.17, 15) is 14.4 Å². The van der Waals surface area contributed by atoms with Crippen LogP contribution >= 0.6 is 0 Å². The van der Waals surface area contributed by atoms with Gasteiger partial charge in [0.1, 0.15) is 5.82 Å². The van der Waals surface area contributed by atoms with E-state index in [2.05, 4.69) is 24.8 Å². The predicted molar refractivity (Wildman–Crippen MR) is 123 cm³/mol. The molecule has 168 valence electrons. The number of aromatic nitrogens is 5. The van der Waals surface area contributed by atoms with Crippen molar-refractivity contribution in [3.8, 4) is 11.1 Å². The zero-order valence-electron chi connectivity index (χ0n) is 18.2. The summed E-state index contributed by atoms with van der Waals surface area (Å²) in [6.07, 6.45) is 7.33. The van der Waals surface area contributed by atoms with Gasteiger partial charge in [0.15, 0.2) is 11.4 Å². The van der Waals surface area contributed by atoms with Crippen molar-refractivity contribution in [2.75, 3.05) is 0 Å². The number of aryl methyl sites for hydroxylation is 1. The summed E-state index contributed by atoms with van der Waals surface area (Å²) < 4.78 is 3.52. The zero-order chi connectivity index (χ0) is 22.9. The maximum atomic E-state index is 12.9. The number of imidazole rings is 2. The summed E-state index contributed by atoms with van der Waals surface area (Å²) in [5.74, 6) is 0.814. The van der Waals surface area contributed by atoms with Gasteiger partial charge >= 0.3 is 5.69 Å². The Kier molecular flexibility index (Phi) is 5.37. The minimum absolute atomic E-state index is 0.00252. The molecule has 9 heteroatoms. The quantitative estimate of drug-likeness (QED) is 0.474. The van der Waals surface area contributed by atoms with Gasteiger partial charge in [-0.05, 0) is 30.2 Å². The molecule has 4 aromatic rings. The van der Waals surface area contributed by atoms with Crippen molar-refractivity contribution in [1.82, 2.24) is 29.4 Å². The van der Waals surface area contributed by atoms with E-state index in [0.29, 0.717) is 29.6 Å². The number of fused-ring (bicyclic) bond motifs is 2. The van der Waals surface area contributed by atoms with Crippen molar-refractivity contribution < 1.29 is 9.59 Å². The highest BCUT2D eigenvalue weighted by Gasteiger charge is 2.21. The SMILES string of the molecule is CCC(=O)Cn1c(=O)[nH]c2ncc(-c3cccc(C(=O)NC4CCn5ccnc5C4)c3)cc21. The van der Waals surface area contributed by atoms with Crippen LogP contribution in [0.4, 0.5) is 0 Å². The second-order valence-corrected chi connectivity index (χ2v) is 8.28. The van der Waals surface area contributed by atoms with Crippen LogP contribution in [0.25, 0.3) is 22.3 Å². The number of H-pyrrole nitrogens is 1. The van der Waals surface area contributed by atoms with Crippen molar-refractivity contribution >= 4 is 22.9 Å². The average Bonchev–Trinajstić information content (AvgIpc) is 3.42. The molecule has 1 aliphatic heterocycles. The Labute approximate surface area is 189 Å². The molecule has 3 aromatic heterocycles. The third-order valence-corrected chi connectivity index (χ3v) is 6.10. The predicted octanol–water partition coefficient (Wildman–Crippen LogP) is 2.31. The van der Waals surface area contributed by atoms with E-state index >= 15 is 0 Å². The Hall–Kier alpha value is -4.01. The van der Waals surface area contributed by atoms with Gasteiger partial charge in [-0.1, -0.05) is 19.1 Å². The Morgan fingerprint density at radius 1 is 1.21 bits per heavy atom. The van der Waals surface area contributed by atoms with Gasteiger partial charge in [-0.25, -0.2) is 14.8 Å². The van der Waals surface area contributed by atoms with Crippen molar-refractivity contribution in [1.29, 1.82) is 0 Å². The average molecular weight is 444 g/mol. The molecule has 0 aliphatic carbocycles. The number of nitrogens with one attached hydrogen (secondary N) is 2. The zero-order valence-corrected chi connectivity index (χ0v) is 18.2. The molecule has 0 spiro atoms. The van der Waals surface area contributed by atoms with Gasteiger partial charge in [-0.2, -0.15) is 0 Å². The molecular formula is C24H24N6O3. The first-order chi connectivity index (χ1) is 16.0. The minimum atomic E-state index is -0.363. The summed E-state index contributed by atoms with van der Waals surface area (Å²) in [7, 11) is 0. The lowest BCUT2D eigenvalue weighted by Crippen LogP contribution is -2.40. The second-order valence-electron chi connectivity index (χ2n) is 8.28. The molecule has 1 amide bonds. The molecule has 1 aromatic carbocycles. The number of hydrogen-bond acceptors (Lipinski definition) is 5. The van der Waals surface area contributed by atoms with Crippen LogP contribution in [-0.2, 0) is 24.3 Å². The van der Waals surface area contributed by atoms with Gasteiger partial charge in [0.25, 0.3) is 5.91 Å². The number of hydrogen-bond donors (Lipinski definition) is 2. The minimum Gasteiger partial charge on any atom is -0.349 e. The van der Waals surface area contributed by atoms with E-state index in [0.717, 1.165) is 29.9 Å². The number of carbonyl (C=O) groups excluding carboxylic acids is 2. The highest BCUT2D eigenvalue weighted by Crippen LogP contribution is 2.23. The molecule has 0 saturated carbocycles. The van der Waals surface area contributed by atoms with Crippen LogP contribution in [0.1, 0.15) is 35.9 Å². The Bertz CT molecular complexity index is 1410. The fourth-order valence-electron chi connectivity index (χ4n) is 4.22. The van der Waals surface area contributed by atoms with Gasteiger partial charge < -0.3 is 9.88 Å². The molecule has 33 heavy (non-hydrogen) atoms. The van der Waals surface area contributed by atoms with Gasteiger partial charge in [0.05, 0.1) is 12.1 Å². The fraction of sp³-hybridized carbons (Fsp3) is 0.292. The molecule has 0 fully saturated rings. The van der Waals surface area contributed by atoms with E-state index in [1.165, 1.54) is 4.57 Å². The molecular weight excluding hydrogens is 420 g/mol. The van der Waals surface area contributed by atoms with E-state index < -0.39 is 0 Å². The van der Waals surface area contributed by atoms with Gasteiger partial charge in [-0.15, -0.1) is 0 Å². The number of benzene rings is 1. The standard InChI is InChI=1S/C24H24N6O3/c1-2-19(31)14-30-20-11-17(13-26-22(20)28-24(30)33)15-4-3-5-16(10-15)23(32)27-18-6-8-29-9-7-25-21(29)12-18/h3-5,7,9-11,13,18H,2,6,8,12,14H2,1H3,(H,27,32)(H,26,28,33). The number of rotatable bonds is 6. The van der Waals surface area contributed by atoms with Crippen LogP contribution in [0.5, 0.6) is 0 Å². The first-order valence-corrected chi connectivity index (χ1v) is 11.0. The summed E-state index contributed by atoms with van der Waals surface area (Å²) >= 11 is 0. The van der Waals surface area contributed by atoms with Crippen LogP contribution in [0.2, 0.25) is 0 Å². The first-order valence-electron chi connectivity index (χ1n) is 11.0. The summed E-state index contributed by atoms with van der Waals surface area (Å²) in [5, 5.41) is 3.12. The lowest BCUT2D eigenvalue weighted by molar-refractivity contribution is -0.119. The largest absolute Gasteiger partial charge is 0.349 e. The third kappa shape index (κ3) is 4.09. The summed E-state index contributed by atoms with van der Waals surface area (Å²) in [5.41, 5.74) is 2.74. The fourth-order valence-corrected chi connectivity index (χ4v) is 4.22. The van der Waals surface area contributed by atoms with Gasteiger partial charge in [0.2, 0.25) is 0 Å². The molecule has 0 saturated heterocycles. The maximum Gasteiger partial charge on any atom is 0.328 e. The summed E-state index contributed by atoms with van der Waals surface area (Å²) in [4.78, 5) is 48.5. The highest BCUT2D eigenvalue weighted by atomic mass is 16.2. The molecule has 2 N–H and O–H groups in total. The van der Waals surface area contributed by atoms with E-state index in [4.69, 9.17) is 0 Å². The number of amides is 1. The molecule has 5 rings (SSSR count).